The quantitative estimate of drug-likeness (QED) is 0.717. The number of nitrogens with zero attached hydrogens (tertiary/aromatic N) is 1. The van der Waals surface area contributed by atoms with Gasteiger partial charge in [0, 0.05) is 23.5 Å². The van der Waals surface area contributed by atoms with Crippen molar-refractivity contribution in [2.75, 3.05) is 11.9 Å². The van der Waals surface area contributed by atoms with Crippen molar-refractivity contribution in [1.29, 1.82) is 0 Å². The van der Waals surface area contributed by atoms with Crippen molar-refractivity contribution in [1.82, 2.24) is 10.2 Å². The predicted molar refractivity (Wildman–Crippen MR) is 84.1 cm³/mol. The van der Waals surface area contributed by atoms with Crippen LogP contribution in [0.25, 0.3) is 10.8 Å². The highest BCUT2D eigenvalue weighted by Crippen LogP contribution is 2.37. The minimum absolute atomic E-state index is 0.0413. The normalized spacial score (nSPS) is 16.4. The molecule has 116 valence electrons. The van der Waals surface area contributed by atoms with Crippen LogP contribution in [0.2, 0.25) is 5.02 Å². The fourth-order valence-electron chi connectivity index (χ4n) is 2.99. The number of hydrogen-bond acceptors (Lipinski definition) is 3. The molecule has 4 rings (SSSR count). The van der Waals surface area contributed by atoms with E-state index in [1.807, 2.05) is 0 Å². The molecule has 1 aliphatic rings. The van der Waals surface area contributed by atoms with E-state index in [0.29, 0.717) is 28.9 Å². The minimum Gasteiger partial charge on any atom is -0.383 e. The second-order valence-corrected chi connectivity index (χ2v) is 5.83. The first-order valence-corrected chi connectivity index (χ1v) is 7.33. The van der Waals surface area contributed by atoms with E-state index in [1.54, 1.807) is 6.07 Å². The smallest absolute Gasteiger partial charge is 0.272 e. The maximum absolute atomic E-state index is 13.8. The number of rotatable bonds is 1. The minimum atomic E-state index is -0.519. The number of hydrogen-bond donors (Lipinski definition) is 2. The van der Waals surface area contributed by atoms with Crippen molar-refractivity contribution in [3.05, 3.63) is 68.6 Å². The van der Waals surface area contributed by atoms with Crippen molar-refractivity contribution < 1.29 is 8.78 Å². The third kappa shape index (κ3) is 2.17. The molecule has 2 N–H and O–H groups in total. The molecule has 0 radical (unpaired) electrons. The van der Waals surface area contributed by atoms with E-state index >= 15 is 0 Å². The number of anilines is 1. The standard InChI is InChI=1S/C16H10ClF2N3O/c17-11-2-1-7(3-12(11)19)10-6-20-13-5-8(18)4-9-14(13)15(10)21-22-16(9)23/h1-5,10,20H,6H2,(H,22,23)/t10-/m1/s1. The third-order valence-electron chi connectivity index (χ3n) is 4.05. The lowest BCUT2D eigenvalue weighted by Gasteiger charge is -2.26. The number of H-pyrrole nitrogens is 1. The average Bonchev–Trinajstić information content (AvgIpc) is 2.53. The topological polar surface area (TPSA) is 57.8 Å². The van der Waals surface area contributed by atoms with Crippen molar-refractivity contribution in [2.24, 2.45) is 0 Å². The highest BCUT2D eigenvalue weighted by atomic mass is 35.5. The summed E-state index contributed by atoms with van der Waals surface area (Å²) in [5.41, 5.74) is 1.30. The molecule has 0 fully saturated rings. The molecule has 1 atom stereocenters. The van der Waals surface area contributed by atoms with Gasteiger partial charge in [0.2, 0.25) is 0 Å². The van der Waals surface area contributed by atoms with Crippen LogP contribution in [0.1, 0.15) is 17.2 Å². The van der Waals surface area contributed by atoms with Gasteiger partial charge in [-0.15, -0.1) is 0 Å². The van der Waals surface area contributed by atoms with Crippen molar-refractivity contribution in [3.8, 4) is 0 Å². The van der Waals surface area contributed by atoms with Gasteiger partial charge in [0.05, 0.1) is 16.1 Å². The number of aromatic nitrogens is 2. The van der Waals surface area contributed by atoms with Crippen molar-refractivity contribution in [3.63, 3.8) is 0 Å². The summed E-state index contributed by atoms with van der Waals surface area (Å²) in [4.78, 5) is 11.9. The molecule has 2 heterocycles. The number of halogens is 3. The summed E-state index contributed by atoms with van der Waals surface area (Å²) in [6.45, 7) is 0.408. The molecule has 1 aromatic heterocycles. The zero-order chi connectivity index (χ0) is 16.1. The van der Waals surface area contributed by atoms with Crippen LogP contribution in [0.5, 0.6) is 0 Å². The first kappa shape index (κ1) is 14.1. The van der Waals surface area contributed by atoms with Crippen LogP contribution >= 0.6 is 11.6 Å². The maximum atomic E-state index is 13.8. The fourth-order valence-corrected chi connectivity index (χ4v) is 3.11. The summed E-state index contributed by atoms with van der Waals surface area (Å²) < 4.78 is 27.4. The Bertz CT molecular complexity index is 1000. The van der Waals surface area contributed by atoms with E-state index in [-0.39, 0.29) is 16.3 Å². The van der Waals surface area contributed by atoms with E-state index in [9.17, 15) is 13.6 Å². The zero-order valence-electron chi connectivity index (χ0n) is 11.7. The molecule has 23 heavy (non-hydrogen) atoms. The van der Waals surface area contributed by atoms with E-state index in [2.05, 4.69) is 15.5 Å². The fraction of sp³-hybridized carbons (Fsp3) is 0.125. The Morgan fingerprint density at radius 2 is 2.04 bits per heavy atom. The second-order valence-electron chi connectivity index (χ2n) is 5.42. The summed E-state index contributed by atoms with van der Waals surface area (Å²) in [7, 11) is 0. The first-order chi connectivity index (χ1) is 11.0. The molecule has 0 bridgehead atoms. The Balaban J connectivity index is 1.98. The summed E-state index contributed by atoms with van der Waals surface area (Å²) in [6, 6.07) is 7.04. The van der Waals surface area contributed by atoms with Gasteiger partial charge >= 0.3 is 0 Å². The van der Waals surface area contributed by atoms with E-state index in [0.717, 1.165) is 0 Å². The zero-order valence-corrected chi connectivity index (χ0v) is 12.4. The van der Waals surface area contributed by atoms with E-state index < -0.39 is 17.2 Å². The van der Waals surface area contributed by atoms with Gasteiger partial charge in [-0.3, -0.25) is 4.79 Å². The molecule has 2 aromatic carbocycles. The molecule has 1 aliphatic heterocycles. The molecule has 0 amide bonds. The third-order valence-corrected chi connectivity index (χ3v) is 4.36. The first-order valence-electron chi connectivity index (χ1n) is 6.95. The number of benzene rings is 2. The number of nitrogens with one attached hydrogen (secondary N) is 2. The molecule has 0 unspecified atom stereocenters. The van der Waals surface area contributed by atoms with E-state index in [4.69, 9.17) is 11.6 Å². The van der Waals surface area contributed by atoms with Crippen LogP contribution < -0.4 is 10.9 Å². The summed E-state index contributed by atoms with van der Waals surface area (Å²) >= 11 is 5.72. The van der Waals surface area contributed by atoms with Gasteiger partial charge in [-0.2, -0.15) is 5.10 Å². The van der Waals surface area contributed by atoms with E-state index in [1.165, 1.54) is 24.3 Å². The number of aromatic amines is 1. The van der Waals surface area contributed by atoms with Gasteiger partial charge in [0.25, 0.3) is 5.56 Å². The van der Waals surface area contributed by atoms with Gasteiger partial charge in [-0.05, 0) is 29.8 Å². The van der Waals surface area contributed by atoms with Crippen LogP contribution in [0.3, 0.4) is 0 Å². The van der Waals surface area contributed by atoms with Gasteiger partial charge in [-0.1, -0.05) is 17.7 Å². The molecule has 0 saturated carbocycles. The highest BCUT2D eigenvalue weighted by Gasteiger charge is 2.27. The Labute approximate surface area is 134 Å². The molecule has 3 aromatic rings. The molecule has 4 nitrogen and oxygen atoms in total. The van der Waals surface area contributed by atoms with Crippen LogP contribution in [0, 0.1) is 11.6 Å². The maximum Gasteiger partial charge on any atom is 0.272 e. The van der Waals surface area contributed by atoms with Gasteiger partial charge in [-0.25, -0.2) is 13.9 Å². The Morgan fingerprint density at radius 1 is 1.22 bits per heavy atom. The SMILES string of the molecule is O=c1[nH]nc2c3c(cc(F)cc13)NC[C@@H]2c1ccc(Cl)c(F)c1. The Kier molecular flexibility index (Phi) is 3.09. The lowest BCUT2D eigenvalue weighted by atomic mass is 9.89. The van der Waals surface area contributed by atoms with Gasteiger partial charge in [0.15, 0.2) is 0 Å². The van der Waals surface area contributed by atoms with Crippen LogP contribution in [0.15, 0.2) is 35.1 Å². The lowest BCUT2D eigenvalue weighted by molar-refractivity contribution is 0.622. The molecule has 0 saturated heterocycles. The second kappa shape index (κ2) is 5.03. The molecular formula is C16H10ClF2N3O. The summed E-state index contributed by atoms with van der Waals surface area (Å²) in [6.07, 6.45) is 0. The van der Waals surface area contributed by atoms with Gasteiger partial charge < -0.3 is 5.32 Å². The average molecular weight is 334 g/mol. The largest absolute Gasteiger partial charge is 0.383 e. The highest BCUT2D eigenvalue weighted by molar-refractivity contribution is 6.30. The van der Waals surface area contributed by atoms with Gasteiger partial charge in [0.1, 0.15) is 11.6 Å². The molecule has 7 heteroatoms. The van der Waals surface area contributed by atoms with Crippen LogP contribution in [-0.4, -0.2) is 16.7 Å². The lowest BCUT2D eigenvalue weighted by Crippen LogP contribution is -2.24. The van der Waals surface area contributed by atoms with Crippen molar-refractivity contribution >= 4 is 28.1 Å². The summed E-state index contributed by atoms with van der Waals surface area (Å²) in [5.74, 6) is -1.30. The Hall–Kier alpha value is -2.47. The summed E-state index contributed by atoms with van der Waals surface area (Å²) in [5, 5.41) is 10.4. The van der Waals surface area contributed by atoms with Crippen LogP contribution in [-0.2, 0) is 0 Å². The molecule has 0 spiro atoms. The monoisotopic (exact) mass is 333 g/mol. The molecular weight excluding hydrogens is 324 g/mol. The predicted octanol–water partition coefficient (Wildman–Crippen LogP) is 3.41. The Morgan fingerprint density at radius 3 is 2.83 bits per heavy atom. The van der Waals surface area contributed by atoms with Crippen molar-refractivity contribution in [2.45, 2.75) is 5.92 Å². The van der Waals surface area contributed by atoms with Crippen LogP contribution in [0.4, 0.5) is 14.5 Å². The molecule has 0 aliphatic carbocycles.